The van der Waals surface area contributed by atoms with Gasteiger partial charge in [-0.2, -0.15) is 0 Å². The van der Waals surface area contributed by atoms with Crippen molar-refractivity contribution in [2.45, 2.75) is 45.1 Å². The predicted molar refractivity (Wildman–Crippen MR) is 91.2 cm³/mol. The molecule has 0 saturated heterocycles. The molecule has 0 atom stereocenters. The van der Waals surface area contributed by atoms with Gasteiger partial charge in [-0.25, -0.2) is 0 Å². The number of aryl methyl sites for hydroxylation is 1. The van der Waals surface area contributed by atoms with E-state index < -0.39 is 5.97 Å². The highest BCUT2D eigenvalue weighted by Crippen LogP contribution is 2.25. The molecule has 1 heterocycles. The van der Waals surface area contributed by atoms with Crippen LogP contribution in [0.25, 0.3) is 0 Å². The van der Waals surface area contributed by atoms with Crippen LogP contribution in [0.4, 0.5) is 0 Å². The number of aliphatic carboxylic acids is 1. The molecule has 3 rings (SSSR count). The molecule has 6 nitrogen and oxygen atoms in total. The van der Waals surface area contributed by atoms with E-state index in [1.165, 1.54) is 0 Å². The lowest BCUT2D eigenvalue weighted by Crippen LogP contribution is -2.33. The van der Waals surface area contributed by atoms with Crippen molar-refractivity contribution < 1.29 is 19.2 Å². The summed E-state index contributed by atoms with van der Waals surface area (Å²) in [5.74, 6) is -0.216. The zero-order valence-corrected chi connectivity index (χ0v) is 14.1. The summed E-state index contributed by atoms with van der Waals surface area (Å²) in [4.78, 5) is 25.5. The van der Waals surface area contributed by atoms with E-state index in [4.69, 9.17) is 9.63 Å². The molecule has 0 spiro atoms. The first-order chi connectivity index (χ1) is 12.1. The van der Waals surface area contributed by atoms with Crippen LogP contribution in [-0.4, -0.2) is 33.6 Å². The molecule has 0 bridgehead atoms. The summed E-state index contributed by atoms with van der Waals surface area (Å²) in [5, 5.41) is 12.9. The van der Waals surface area contributed by atoms with E-state index >= 15 is 0 Å². The molecular formula is C19H22N2O4. The Morgan fingerprint density at radius 1 is 1.16 bits per heavy atom. The van der Waals surface area contributed by atoms with Gasteiger partial charge in [-0.1, -0.05) is 35.5 Å². The monoisotopic (exact) mass is 342 g/mol. The van der Waals surface area contributed by atoms with Crippen LogP contribution in [0.5, 0.6) is 0 Å². The molecule has 1 N–H and O–H groups in total. The van der Waals surface area contributed by atoms with Gasteiger partial charge in [0, 0.05) is 31.5 Å². The molecule has 0 fully saturated rings. The minimum Gasteiger partial charge on any atom is -0.481 e. The number of rotatable bonds is 7. The molecule has 0 saturated carbocycles. The highest BCUT2D eigenvalue weighted by atomic mass is 16.5. The van der Waals surface area contributed by atoms with Gasteiger partial charge in [0.2, 0.25) is 0 Å². The van der Waals surface area contributed by atoms with Gasteiger partial charge in [-0.05, 0) is 31.2 Å². The van der Waals surface area contributed by atoms with Crippen LogP contribution >= 0.6 is 0 Å². The number of carbonyl (C=O) groups excluding carboxylic acids is 1. The van der Waals surface area contributed by atoms with Crippen LogP contribution in [0.3, 0.4) is 0 Å². The maximum atomic E-state index is 13.0. The standard InChI is InChI=1S/C19H22N2O4/c22-17(23)11-6-12-21(13-14-7-2-1-3-8-14)19(24)18-15-9-4-5-10-16(15)25-20-18/h1-3,7-8H,4-6,9-13H2,(H,22,23). The van der Waals surface area contributed by atoms with E-state index in [9.17, 15) is 9.59 Å². The van der Waals surface area contributed by atoms with E-state index in [-0.39, 0.29) is 12.3 Å². The lowest BCUT2D eigenvalue weighted by Gasteiger charge is -2.22. The highest BCUT2D eigenvalue weighted by Gasteiger charge is 2.27. The Morgan fingerprint density at radius 3 is 2.68 bits per heavy atom. The van der Waals surface area contributed by atoms with Gasteiger partial charge in [0.25, 0.3) is 5.91 Å². The Bertz CT molecular complexity index is 739. The average Bonchev–Trinajstić information content (AvgIpc) is 3.05. The molecule has 1 aromatic heterocycles. The number of benzene rings is 1. The molecular weight excluding hydrogens is 320 g/mol. The van der Waals surface area contributed by atoms with Gasteiger partial charge in [-0.15, -0.1) is 0 Å². The summed E-state index contributed by atoms with van der Waals surface area (Å²) in [6, 6.07) is 9.68. The summed E-state index contributed by atoms with van der Waals surface area (Å²) in [5.41, 5.74) is 2.32. The Labute approximate surface area is 146 Å². The Morgan fingerprint density at radius 2 is 1.92 bits per heavy atom. The van der Waals surface area contributed by atoms with Crippen LogP contribution < -0.4 is 0 Å². The molecule has 1 aromatic carbocycles. The van der Waals surface area contributed by atoms with Crippen molar-refractivity contribution in [3.05, 3.63) is 52.9 Å². The summed E-state index contributed by atoms with van der Waals surface area (Å²) in [6.07, 6.45) is 4.18. The number of fused-ring (bicyclic) bond motifs is 1. The number of hydrogen-bond donors (Lipinski definition) is 1. The second kappa shape index (κ2) is 7.96. The number of amides is 1. The third-order valence-electron chi connectivity index (χ3n) is 4.47. The fourth-order valence-electron chi connectivity index (χ4n) is 3.18. The van der Waals surface area contributed by atoms with E-state index in [0.717, 1.165) is 42.6 Å². The van der Waals surface area contributed by atoms with Crippen molar-refractivity contribution >= 4 is 11.9 Å². The Kier molecular flexibility index (Phi) is 5.48. The van der Waals surface area contributed by atoms with Gasteiger partial charge in [0.15, 0.2) is 5.69 Å². The summed E-state index contributed by atoms with van der Waals surface area (Å²) in [7, 11) is 0. The number of aromatic nitrogens is 1. The normalized spacial score (nSPS) is 13.3. The average molecular weight is 342 g/mol. The molecule has 6 heteroatoms. The molecule has 1 amide bonds. The molecule has 0 radical (unpaired) electrons. The second-order valence-electron chi connectivity index (χ2n) is 6.35. The fourth-order valence-corrected chi connectivity index (χ4v) is 3.18. The van der Waals surface area contributed by atoms with Crippen LogP contribution in [-0.2, 0) is 24.2 Å². The van der Waals surface area contributed by atoms with E-state index in [2.05, 4.69) is 5.16 Å². The minimum atomic E-state index is -0.856. The smallest absolute Gasteiger partial charge is 0.303 e. The van der Waals surface area contributed by atoms with Gasteiger partial charge in [-0.3, -0.25) is 9.59 Å². The molecule has 132 valence electrons. The second-order valence-corrected chi connectivity index (χ2v) is 6.35. The topological polar surface area (TPSA) is 83.6 Å². The zero-order chi connectivity index (χ0) is 17.6. The Balaban J connectivity index is 1.78. The maximum Gasteiger partial charge on any atom is 0.303 e. The highest BCUT2D eigenvalue weighted by molar-refractivity contribution is 5.94. The molecule has 1 aliphatic rings. The van der Waals surface area contributed by atoms with Crippen molar-refractivity contribution in [2.24, 2.45) is 0 Å². The predicted octanol–water partition coefficient (Wildman–Crippen LogP) is 3.06. The Hall–Kier alpha value is -2.63. The van der Waals surface area contributed by atoms with Crippen LogP contribution in [0.15, 0.2) is 34.9 Å². The summed E-state index contributed by atoms with van der Waals surface area (Å²) < 4.78 is 5.36. The zero-order valence-electron chi connectivity index (χ0n) is 14.1. The van der Waals surface area contributed by atoms with Crippen molar-refractivity contribution in [3.63, 3.8) is 0 Å². The van der Waals surface area contributed by atoms with Crippen LogP contribution in [0.2, 0.25) is 0 Å². The van der Waals surface area contributed by atoms with Crippen molar-refractivity contribution in [1.82, 2.24) is 10.1 Å². The summed E-state index contributed by atoms with van der Waals surface area (Å²) in [6.45, 7) is 0.808. The molecule has 0 aliphatic heterocycles. The first kappa shape index (κ1) is 17.2. The number of hydrogen-bond acceptors (Lipinski definition) is 4. The van der Waals surface area contributed by atoms with Gasteiger partial charge < -0.3 is 14.5 Å². The van der Waals surface area contributed by atoms with Crippen LogP contribution in [0, 0.1) is 0 Å². The number of carboxylic acid groups (broad SMARTS) is 1. The first-order valence-corrected chi connectivity index (χ1v) is 8.67. The lowest BCUT2D eigenvalue weighted by atomic mass is 9.96. The molecule has 25 heavy (non-hydrogen) atoms. The minimum absolute atomic E-state index is 0.0372. The number of carboxylic acids is 1. The summed E-state index contributed by atoms with van der Waals surface area (Å²) >= 11 is 0. The number of nitrogens with zero attached hydrogens (tertiary/aromatic N) is 2. The maximum absolute atomic E-state index is 13.0. The third kappa shape index (κ3) is 4.26. The first-order valence-electron chi connectivity index (χ1n) is 8.67. The van der Waals surface area contributed by atoms with Gasteiger partial charge >= 0.3 is 5.97 Å². The van der Waals surface area contributed by atoms with Crippen LogP contribution in [0.1, 0.15) is 53.1 Å². The van der Waals surface area contributed by atoms with Gasteiger partial charge in [0.1, 0.15) is 5.76 Å². The van der Waals surface area contributed by atoms with E-state index in [1.54, 1.807) is 4.90 Å². The van der Waals surface area contributed by atoms with Crippen molar-refractivity contribution in [3.8, 4) is 0 Å². The molecule has 0 unspecified atom stereocenters. The quantitative estimate of drug-likeness (QED) is 0.836. The lowest BCUT2D eigenvalue weighted by molar-refractivity contribution is -0.137. The molecule has 2 aromatic rings. The fraction of sp³-hybridized carbons (Fsp3) is 0.421. The SMILES string of the molecule is O=C(O)CCCN(Cc1ccccc1)C(=O)c1noc2c1CCCC2. The third-order valence-corrected chi connectivity index (χ3v) is 4.47. The van der Waals surface area contributed by atoms with E-state index in [0.29, 0.717) is 25.2 Å². The van der Waals surface area contributed by atoms with Crippen molar-refractivity contribution in [1.29, 1.82) is 0 Å². The number of carbonyl (C=O) groups is 2. The largest absolute Gasteiger partial charge is 0.481 e. The molecule has 1 aliphatic carbocycles. The van der Waals surface area contributed by atoms with E-state index in [1.807, 2.05) is 30.3 Å². The van der Waals surface area contributed by atoms with Gasteiger partial charge in [0.05, 0.1) is 0 Å². The van der Waals surface area contributed by atoms with Crippen molar-refractivity contribution in [2.75, 3.05) is 6.54 Å².